The molecule has 1 aromatic heterocycles. The minimum Gasteiger partial charge on any atom is -0.349 e. The van der Waals surface area contributed by atoms with Crippen molar-refractivity contribution in [2.45, 2.75) is 31.1 Å². The third kappa shape index (κ3) is 3.56. The fourth-order valence-electron chi connectivity index (χ4n) is 4.34. The van der Waals surface area contributed by atoms with Gasteiger partial charge in [0, 0.05) is 49.6 Å². The molecule has 0 unspecified atom stereocenters. The third-order valence-electron chi connectivity index (χ3n) is 6.45. The van der Waals surface area contributed by atoms with Crippen LogP contribution in [-0.4, -0.2) is 52.3 Å². The van der Waals surface area contributed by atoms with E-state index in [0.717, 1.165) is 24.1 Å². The Hall–Kier alpha value is -3.19. The normalized spacial score (nSPS) is 16.6. The Morgan fingerprint density at radius 2 is 1.88 bits per heavy atom. The fourth-order valence-corrected chi connectivity index (χ4v) is 4.52. The number of anilines is 1. The monoisotopic (exact) mass is 449 g/mol. The zero-order chi connectivity index (χ0) is 22.5. The molecule has 2 amide bonds. The van der Waals surface area contributed by atoms with Crippen molar-refractivity contribution in [1.29, 1.82) is 0 Å². The van der Waals surface area contributed by atoms with Gasteiger partial charge in [0.05, 0.1) is 11.4 Å². The van der Waals surface area contributed by atoms with Crippen LogP contribution in [0.3, 0.4) is 0 Å². The summed E-state index contributed by atoms with van der Waals surface area (Å²) in [7, 11) is 3.58. The lowest BCUT2D eigenvalue weighted by Gasteiger charge is -2.27. The summed E-state index contributed by atoms with van der Waals surface area (Å²) < 4.78 is 1.57. The van der Waals surface area contributed by atoms with E-state index in [9.17, 15) is 9.59 Å². The molecule has 3 aromatic rings. The SMILES string of the molecule is CN(C)C(=O)CC1(c2ccc(N3CCc4nnn(-c5cccc(Cl)c5)c4C3=O)cc2)CC1. The smallest absolute Gasteiger partial charge is 0.278 e. The number of carbonyl (C=O) groups is 2. The van der Waals surface area contributed by atoms with Crippen molar-refractivity contribution in [3.8, 4) is 5.69 Å². The first-order valence-corrected chi connectivity index (χ1v) is 11.1. The fraction of sp³-hybridized carbons (Fsp3) is 0.333. The number of hydrogen-bond acceptors (Lipinski definition) is 4. The van der Waals surface area contributed by atoms with Crippen LogP contribution < -0.4 is 4.90 Å². The molecule has 32 heavy (non-hydrogen) atoms. The van der Waals surface area contributed by atoms with Crippen LogP contribution in [0.25, 0.3) is 5.69 Å². The summed E-state index contributed by atoms with van der Waals surface area (Å²) >= 11 is 6.13. The number of rotatable bonds is 5. The number of nitrogens with zero attached hydrogens (tertiary/aromatic N) is 5. The highest BCUT2D eigenvalue weighted by atomic mass is 35.5. The molecule has 2 aliphatic rings. The largest absolute Gasteiger partial charge is 0.349 e. The molecule has 1 saturated carbocycles. The summed E-state index contributed by atoms with van der Waals surface area (Å²) in [6, 6.07) is 15.3. The lowest BCUT2D eigenvalue weighted by molar-refractivity contribution is -0.129. The molecule has 7 nitrogen and oxygen atoms in total. The summed E-state index contributed by atoms with van der Waals surface area (Å²) in [6.07, 6.45) is 3.19. The van der Waals surface area contributed by atoms with Gasteiger partial charge in [0.25, 0.3) is 5.91 Å². The summed E-state index contributed by atoms with van der Waals surface area (Å²) in [5, 5.41) is 9.01. The van der Waals surface area contributed by atoms with E-state index in [0.29, 0.717) is 41.5 Å². The lowest BCUT2D eigenvalue weighted by Crippen LogP contribution is -2.38. The van der Waals surface area contributed by atoms with E-state index >= 15 is 0 Å². The molecule has 2 heterocycles. The van der Waals surface area contributed by atoms with Gasteiger partial charge < -0.3 is 9.80 Å². The number of fused-ring (bicyclic) bond motifs is 1. The van der Waals surface area contributed by atoms with Crippen molar-refractivity contribution in [3.63, 3.8) is 0 Å². The molecular weight excluding hydrogens is 426 g/mol. The van der Waals surface area contributed by atoms with Gasteiger partial charge >= 0.3 is 0 Å². The molecule has 0 radical (unpaired) electrons. The minimum atomic E-state index is -0.132. The van der Waals surface area contributed by atoms with Crippen LogP contribution in [0.4, 0.5) is 5.69 Å². The summed E-state index contributed by atoms with van der Waals surface area (Å²) in [4.78, 5) is 29.1. The first-order valence-electron chi connectivity index (χ1n) is 10.7. The molecule has 1 fully saturated rings. The van der Waals surface area contributed by atoms with Gasteiger partial charge in [-0.25, -0.2) is 4.68 Å². The number of aromatic nitrogens is 3. The van der Waals surface area contributed by atoms with Gasteiger partial charge in [0.15, 0.2) is 5.69 Å². The average Bonchev–Trinajstić information content (AvgIpc) is 3.42. The van der Waals surface area contributed by atoms with Crippen LogP contribution in [-0.2, 0) is 16.6 Å². The third-order valence-corrected chi connectivity index (χ3v) is 6.68. The van der Waals surface area contributed by atoms with Gasteiger partial charge in [-0.1, -0.05) is 35.0 Å². The number of carbonyl (C=O) groups excluding carboxylic acids is 2. The summed E-state index contributed by atoms with van der Waals surface area (Å²) in [5.41, 5.74) is 3.80. The van der Waals surface area contributed by atoms with E-state index < -0.39 is 0 Å². The Bertz CT molecular complexity index is 1200. The predicted octanol–water partition coefficient (Wildman–Crippen LogP) is 3.63. The molecule has 8 heteroatoms. The topological polar surface area (TPSA) is 71.3 Å². The maximum absolute atomic E-state index is 13.4. The first kappa shape index (κ1) is 20.7. The van der Waals surface area contributed by atoms with Crippen molar-refractivity contribution >= 4 is 29.1 Å². The second-order valence-electron chi connectivity index (χ2n) is 8.78. The zero-order valence-electron chi connectivity index (χ0n) is 18.1. The zero-order valence-corrected chi connectivity index (χ0v) is 18.8. The van der Waals surface area contributed by atoms with Crippen molar-refractivity contribution < 1.29 is 9.59 Å². The Morgan fingerprint density at radius 1 is 1.12 bits per heavy atom. The molecule has 1 aliphatic heterocycles. The van der Waals surface area contributed by atoms with Gasteiger partial charge in [0.1, 0.15) is 0 Å². The second-order valence-corrected chi connectivity index (χ2v) is 9.21. The molecule has 0 bridgehead atoms. The number of halogens is 1. The van der Waals surface area contributed by atoms with E-state index in [1.165, 1.54) is 0 Å². The van der Waals surface area contributed by atoms with Gasteiger partial charge in [-0.15, -0.1) is 5.10 Å². The summed E-state index contributed by atoms with van der Waals surface area (Å²) in [6.45, 7) is 0.545. The molecular formula is C24H24ClN5O2. The second kappa shape index (κ2) is 7.74. The quantitative estimate of drug-likeness (QED) is 0.596. The molecule has 164 valence electrons. The van der Waals surface area contributed by atoms with E-state index in [1.807, 2.05) is 24.3 Å². The number of amides is 2. The molecule has 0 spiro atoms. The highest BCUT2D eigenvalue weighted by Gasteiger charge is 2.46. The minimum absolute atomic E-state index is 0.0614. The molecule has 5 rings (SSSR count). The highest BCUT2D eigenvalue weighted by Crippen LogP contribution is 2.51. The van der Waals surface area contributed by atoms with Crippen LogP contribution in [0, 0.1) is 0 Å². The molecule has 1 aliphatic carbocycles. The van der Waals surface area contributed by atoms with Crippen molar-refractivity contribution in [2.24, 2.45) is 0 Å². The van der Waals surface area contributed by atoms with Gasteiger partial charge in [0.2, 0.25) is 5.91 Å². The molecule has 0 saturated heterocycles. The Kier molecular flexibility index (Phi) is 5.01. The van der Waals surface area contributed by atoms with Crippen molar-refractivity contribution in [1.82, 2.24) is 19.9 Å². The van der Waals surface area contributed by atoms with Crippen molar-refractivity contribution in [3.05, 3.63) is 70.5 Å². The number of hydrogen-bond donors (Lipinski definition) is 0. The maximum atomic E-state index is 13.4. The van der Waals surface area contributed by atoms with Crippen LogP contribution >= 0.6 is 11.6 Å². The Labute approximate surface area is 191 Å². The van der Waals surface area contributed by atoms with Crippen LogP contribution in [0.2, 0.25) is 5.02 Å². The predicted molar refractivity (Wildman–Crippen MR) is 122 cm³/mol. The summed E-state index contributed by atoms with van der Waals surface area (Å²) in [5.74, 6) is 0.0139. The van der Waals surface area contributed by atoms with Crippen LogP contribution in [0.1, 0.15) is 41.0 Å². The molecule has 0 atom stereocenters. The van der Waals surface area contributed by atoms with Gasteiger partial charge in [-0.05, 0) is 48.7 Å². The first-order chi connectivity index (χ1) is 15.4. The molecule has 0 N–H and O–H groups in total. The number of benzene rings is 2. The van der Waals surface area contributed by atoms with Gasteiger partial charge in [-0.2, -0.15) is 0 Å². The van der Waals surface area contributed by atoms with Crippen LogP contribution in [0.15, 0.2) is 48.5 Å². The van der Waals surface area contributed by atoms with E-state index in [4.69, 9.17) is 11.6 Å². The maximum Gasteiger partial charge on any atom is 0.278 e. The van der Waals surface area contributed by atoms with E-state index in [-0.39, 0.29) is 17.2 Å². The van der Waals surface area contributed by atoms with E-state index in [2.05, 4.69) is 22.4 Å². The van der Waals surface area contributed by atoms with Gasteiger partial charge in [-0.3, -0.25) is 9.59 Å². The van der Waals surface area contributed by atoms with E-state index in [1.54, 1.807) is 40.7 Å². The van der Waals surface area contributed by atoms with Crippen molar-refractivity contribution in [2.75, 3.05) is 25.5 Å². The Balaban J connectivity index is 1.40. The average molecular weight is 450 g/mol. The highest BCUT2D eigenvalue weighted by molar-refractivity contribution is 6.30. The Morgan fingerprint density at radius 3 is 2.53 bits per heavy atom. The standard InChI is InChI=1S/C24H24ClN5O2/c1-28(2)21(31)15-24(11-12-24)16-6-8-18(9-7-16)29-13-10-20-22(23(29)32)30(27-26-20)19-5-3-4-17(25)14-19/h3-9,14H,10-13,15H2,1-2H3. The van der Waals surface area contributed by atoms with Crippen LogP contribution in [0.5, 0.6) is 0 Å². The molecule has 2 aromatic carbocycles. The lowest BCUT2D eigenvalue weighted by atomic mass is 9.91.